The number of urea groups is 2. The molecule has 0 saturated heterocycles. The molecule has 0 bridgehead atoms. The molecular formula is C31H61N5O8S. The van der Waals surface area contributed by atoms with Gasteiger partial charge in [-0.05, 0) is 51.9 Å². The summed E-state index contributed by atoms with van der Waals surface area (Å²) in [7, 11) is -4.02. The Labute approximate surface area is 271 Å². The first kappa shape index (κ1) is 42.4. The zero-order chi connectivity index (χ0) is 33.6. The van der Waals surface area contributed by atoms with Crippen molar-refractivity contribution in [2.24, 2.45) is 0 Å². The average molecular weight is 664 g/mol. The lowest BCUT2D eigenvalue weighted by atomic mass is 10.1. The Morgan fingerprint density at radius 1 is 0.622 bits per heavy atom. The molecule has 14 heteroatoms. The van der Waals surface area contributed by atoms with Crippen molar-refractivity contribution in [3.63, 3.8) is 0 Å². The molecule has 264 valence electrons. The van der Waals surface area contributed by atoms with Gasteiger partial charge in [0, 0.05) is 32.6 Å². The van der Waals surface area contributed by atoms with Crippen LogP contribution in [-0.4, -0.2) is 81.5 Å². The minimum atomic E-state index is -4.02. The van der Waals surface area contributed by atoms with Crippen LogP contribution >= 0.6 is 0 Å². The molecule has 0 aliphatic rings. The summed E-state index contributed by atoms with van der Waals surface area (Å²) in [5.74, 6) is -0.814. The van der Waals surface area contributed by atoms with Gasteiger partial charge < -0.3 is 31.3 Å². The molecule has 13 nitrogen and oxygen atoms in total. The van der Waals surface area contributed by atoms with Crippen molar-refractivity contribution < 1.29 is 36.9 Å². The van der Waals surface area contributed by atoms with Crippen LogP contribution in [0, 0.1) is 0 Å². The molecule has 0 heterocycles. The van der Waals surface area contributed by atoms with E-state index >= 15 is 0 Å². The summed E-state index contributed by atoms with van der Waals surface area (Å²) < 4.78 is 35.0. The summed E-state index contributed by atoms with van der Waals surface area (Å²) >= 11 is 0. The molecule has 0 aromatic rings. The quantitative estimate of drug-likeness (QED) is 0.0381. The third kappa shape index (κ3) is 29.8. The topological polar surface area (TPSA) is 192 Å². The van der Waals surface area contributed by atoms with Crippen molar-refractivity contribution in [1.82, 2.24) is 26.6 Å². The lowest BCUT2D eigenvalue weighted by Crippen LogP contribution is -2.47. The van der Waals surface area contributed by atoms with Gasteiger partial charge in [0.2, 0.25) is 5.91 Å². The number of rotatable bonds is 29. The van der Waals surface area contributed by atoms with E-state index in [4.69, 9.17) is 9.29 Å². The molecule has 0 aromatic carbocycles. The monoisotopic (exact) mass is 663 g/mol. The van der Waals surface area contributed by atoms with Crippen molar-refractivity contribution in [3.8, 4) is 0 Å². The molecular weight excluding hydrogens is 602 g/mol. The van der Waals surface area contributed by atoms with Gasteiger partial charge in [-0.2, -0.15) is 8.42 Å². The predicted octanol–water partition coefficient (Wildman–Crippen LogP) is 4.56. The number of unbranched alkanes of at least 4 members (excludes halogenated alkanes) is 12. The van der Waals surface area contributed by atoms with Crippen molar-refractivity contribution in [3.05, 3.63) is 0 Å². The molecule has 1 atom stereocenters. The largest absolute Gasteiger partial charge is 0.464 e. The highest BCUT2D eigenvalue weighted by Gasteiger charge is 2.21. The van der Waals surface area contributed by atoms with E-state index in [1.807, 2.05) is 0 Å². The van der Waals surface area contributed by atoms with Crippen LogP contribution in [0.3, 0.4) is 0 Å². The van der Waals surface area contributed by atoms with E-state index in [1.165, 1.54) is 44.9 Å². The number of esters is 1. The summed E-state index contributed by atoms with van der Waals surface area (Å²) in [6, 6.07) is -1.59. The molecule has 0 aliphatic carbocycles. The van der Waals surface area contributed by atoms with Crippen LogP contribution in [0.2, 0.25) is 0 Å². The minimum absolute atomic E-state index is 0.0608. The van der Waals surface area contributed by atoms with Crippen molar-refractivity contribution in [2.45, 2.75) is 135 Å². The predicted molar refractivity (Wildman–Crippen MR) is 177 cm³/mol. The maximum absolute atomic E-state index is 12.3. The summed E-state index contributed by atoms with van der Waals surface area (Å²) in [5, 5.41) is 13.6. The van der Waals surface area contributed by atoms with Crippen molar-refractivity contribution in [1.29, 1.82) is 0 Å². The standard InChI is InChI=1S/C31H61N5O8S/c1-3-5-6-7-8-9-10-11-14-21-28(37)32-22-18-15-20-27(29(38)44-4-2)36-31(40)35-24-17-13-12-16-23-33-30(39)34-25-19-26-45(41,42)43/h27H,3-26H2,1-2H3,(H,32,37)(H2,33,34,39)(H2,35,36,40)(H,41,42,43)/t27-/m0/s1. The lowest BCUT2D eigenvalue weighted by Gasteiger charge is -2.18. The number of hydrogen-bond donors (Lipinski definition) is 6. The SMILES string of the molecule is CCCCCCCCCCCC(=O)NCCCC[C@H](NC(=O)NCCCCCCNC(=O)NCCCS(=O)(=O)O)C(=O)OCC. The van der Waals surface area contributed by atoms with Gasteiger partial charge in [0.25, 0.3) is 10.1 Å². The lowest BCUT2D eigenvalue weighted by molar-refractivity contribution is -0.145. The van der Waals surface area contributed by atoms with Crippen LogP contribution in [0.25, 0.3) is 0 Å². The van der Waals surface area contributed by atoms with E-state index in [2.05, 4.69) is 33.5 Å². The number of nitrogens with one attached hydrogen (secondary N) is 5. The summed E-state index contributed by atoms with van der Waals surface area (Å²) in [4.78, 5) is 48.4. The molecule has 0 aromatic heterocycles. The first-order valence-electron chi connectivity index (χ1n) is 17.0. The fraction of sp³-hybridized carbons (Fsp3) is 0.871. The maximum atomic E-state index is 12.3. The highest BCUT2D eigenvalue weighted by Crippen LogP contribution is 2.10. The molecule has 6 N–H and O–H groups in total. The Kier molecular flexibility index (Phi) is 27.2. The first-order valence-corrected chi connectivity index (χ1v) is 18.6. The van der Waals surface area contributed by atoms with Crippen molar-refractivity contribution >= 4 is 34.1 Å². The van der Waals surface area contributed by atoms with Crippen LogP contribution in [0.15, 0.2) is 0 Å². The third-order valence-electron chi connectivity index (χ3n) is 7.16. The number of carbonyl (C=O) groups is 4. The Bertz CT molecular complexity index is 904. The summed E-state index contributed by atoms with van der Waals surface area (Å²) in [5.41, 5.74) is 0. The van der Waals surface area contributed by atoms with E-state index in [9.17, 15) is 27.6 Å². The van der Waals surface area contributed by atoms with Gasteiger partial charge in [0.05, 0.1) is 12.4 Å². The number of hydrogen-bond acceptors (Lipinski definition) is 7. The molecule has 45 heavy (non-hydrogen) atoms. The number of ether oxygens (including phenoxy) is 1. The molecule has 0 aliphatic heterocycles. The van der Waals surface area contributed by atoms with Crippen LogP contribution in [-0.2, 0) is 24.4 Å². The van der Waals surface area contributed by atoms with Gasteiger partial charge in [-0.25, -0.2) is 14.4 Å². The molecule has 0 rings (SSSR count). The molecule has 0 fully saturated rings. The van der Waals surface area contributed by atoms with Crippen LogP contribution < -0.4 is 26.6 Å². The smallest absolute Gasteiger partial charge is 0.328 e. The second-order valence-electron chi connectivity index (χ2n) is 11.4. The maximum Gasteiger partial charge on any atom is 0.328 e. The second kappa shape index (κ2) is 28.8. The summed E-state index contributed by atoms with van der Waals surface area (Å²) in [6.07, 6.45) is 16.5. The number of amides is 5. The fourth-order valence-corrected chi connectivity index (χ4v) is 5.12. The van der Waals surface area contributed by atoms with E-state index in [0.29, 0.717) is 45.3 Å². The molecule has 0 saturated carbocycles. The van der Waals surface area contributed by atoms with E-state index in [-0.39, 0.29) is 25.5 Å². The highest BCUT2D eigenvalue weighted by molar-refractivity contribution is 7.85. The first-order chi connectivity index (χ1) is 21.6. The van der Waals surface area contributed by atoms with E-state index in [0.717, 1.165) is 38.5 Å². The Morgan fingerprint density at radius 2 is 1.11 bits per heavy atom. The Hall–Kier alpha value is -2.61. The Morgan fingerprint density at radius 3 is 1.69 bits per heavy atom. The van der Waals surface area contributed by atoms with Crippen molar-refractivity contribution in [2.75, 3.05) is 38.5 Å². The average Bonchev–Trinajstić information content (AvgIpc) is 2.98. The zero-order valence-electron chi connectivity index (χ0n) is 27.8. The van der Waals surface area contributed by atoms with Gasteiger partial charge in [0.15, 0.2) is 0 Å². The highest BCUT2D eigenvalue weighted by atomic mass is 32.2. The fourth-order valence-electron chi connectivity index (χ4n) is 4.61. The van der Waals surface area contributed by atoms with E-state index < -0.39 is 39.9 Å². The Balaban J connectivity index is 3.94. The van der Waals surface area contributed by atoms with Crippen LogP contribution in [0.4, 0.5) is 9.59 Å². The van der Waals surface area contributed by atoms with Gasteiger partial charge >= 0.3 is 18.0 Å². The molecule has 0 spiro atoms. The minimum Gasteiger partial charge on any atom is -0.464 e. The summed E-state index contributed by atoms with van der Waals surface area (Å²) in [6.45, 7) is 5.74. The van der Waals surface area contributed by atoms with Gasteiger partial charge in [-0.15, -0.1) is 0 Å². The molecule has 0 radical (unpaired) electrons. The third-order valence-corrected chi connectivity index (χ3v) is 7.97. The van der Waals surface area contributed by atoms with Gasteiger partial charge in [-0.1, -0.05) is 71.1 Å². The van der Waals surface area contributed by atoms with Gasteiger partial charge in [-0.3, -0.25) is 9.35 Å². The number of carbonyl (C=O) groups excluding carboxylic acids is 4. The van der Waals surface area contributed by atoms with Crippen LogP contribution in [0.1, 0.15) is 129 Å². The van der Waals surface area contributed by atoms with Gasteiger partial charge in [0.1, 0.15) is 6.04 Å². The molecule has 5 amide bonds. The molecule has 0 unspecified atom stereocenters. The van der Waals surface area contributed by atoms with E-state index in [1.54, 1.807) is 6.92 Å². The normalized spacial score (nSPS) is 11.8. The second-order valence-corrected chi connectivity index (χ2v) is 12.9. The van der Waals surface area contributed by atoms with Crippen LogP contribution in [0.5, 0.6) is 0 Å². The zero-order valence-corrected chi connectivity index (χ0v) is 28.6.